The van der Waals surface area contributed by atoms with Crippen molar-refractivity contribution in [2.75, 3.05) is 0 Å². The Bertz CT molecular complexity index is 726. The average Bonchev–Trinajstić information content (AvgIpc) is 2.69. The van der Waals surface area contributed by atoms with E-state index in [2.05, 4.69) is 52.0 Å². The first-order valence-corrected chi connectivity index (χ1v) is 10.6. The molecule has 0 spiro atoms. The molecule has 0 aliphatic heterocycles. The Morgan fingerprint density at radius 2 is 0.871 bits per heavy atom. The fourth-order valence-corrected chi connectivity index (χ4v) is 2.96. The van der Waals surface area contributed by atoms with Crippen molar-refractivity contribution >= 4 is 11.9 Å². The van der Waals surface area contributed by atoms with E-state index in [1.165, 1.54) is 11.1 Å². The van der Waals surface area contributed by atoms with Crippen molar-refractivity contribution < 1.29 is 39.3 Å². The van der Waals surface area contributed by atoms with E-state index in [4.69, 9.17) is 10.2 Å². The van der Waals surface area contributed by atoms with E-state index in [0.717, 1.165) is 11.1 Å². The van der Waals surface area contributed by atoms with Crippen LogP contribution in [-0.4, -0.2) is 22.2 Å². The van der Waals surface area contributed by atoms with Gasteiger partial charge in [-0.3, -0.25) is 9.59 Å². The van der Waals surface area contributed by atoms with Crippen LogP contribution in [0.15, 0.2) is 48.5 Å². The molecule has 0 amide bonds. The van der Waals surface area contributed by atoms with Crippen LogP contribution in [0.3, 0.4) is 0 Å². The number of carboxylic acids is 2. The first-order chi connectivity index (χ1) is 14.0. The van der Waals surface area contributed by atoms with Gasteiger partial charge in [0.05, 0.1) is 11.8 Å². The van der Waals surface area contributed by atoms with Gasteiger partial charge in [-0.25, -0.2) is 0 Å². The second-order valence-corrected chi connectivity index (χ2v) is 8.68. The first kappa shape index (κ1) is 29.0. The minimum atomic E-state index is -0.733. The van der Waals surface area contributed by atoms with Gasteiger partial charge in [0, 0.05) is 19.5 Å². The van der Waals surface area contributed by atoms with Gasteiger partial charge in [-0.05, 0) is 46.9 Å². The summed E-state index contributed by atoms with van der Waals surface area (Å²) in [7, 11) is 0. The second-order valence-electron chi connectivity index (χ2n) is 8.68. The molecule has 2 rings (SSSR count). The molecule has 0 aromatic heterocycles. The predicted octanol–water partition coefficient (Wildman–Crippen LogP) is 6.14. The second kappa shape index (κ2) is 14.1. The molecule has 0 aliphatic carbocycles. The van der Waals surface area contributed by atoms with Gasteiger partial charge in [0.2, 0.25) is 0 Å². The summed E-state index contributed by atoms with van der Waals surface area (Å²) in [6, 6.07) is 16.4. The van der Waals surface area contributed by atoms with Crippen LogP contribution < -0.4 is 0 Å². The van der Waals surface area contributed by atoms with Crippen molar-refractivity contribution in [3.05, 3.63) is 70.8 Å². The van der Waals surface area contributed by atoms with Crippen molar-refractivity contribution in [3.63, 3.8) is 0 Å². The number of carboxylic acid groups (broad SMARTS) is 2. The first-order valence-electron chi connectivity index (χ1n) is 10.6. The fraction of sp³-hybridized carbons (Fsp3) is 0.462. The molecule has 0 heterocycles. The van der Waals surface area contributed by atoms with Crippen LogP contribution in [0.2, 0.25) is 0 Å². The monoisotopic (exact) mass is 476 g/mol. The molecule has 4 nitrogen and oxygen atoms in total. The molecular weight excluding hydrogens is 442 g/mol. The molecular formula is C26H36O4Zn. The molecule has 2 aromatic carbocycles. The summed E-state index contributed by atoms with van der Waals surface area (Å²) in [6.45, 7) is 12.1. The molecule has 2 atom stereocenters. The van der Waals surface area contributed by atoms with Crippen molar-refractivity contribution in [3.8, 4) is 0 Å². The van der Waals surface area contributed by atoms with Crippen LogP contribution in [0, 0.1) is 11.8 Å². The van der Waals surface area contributed by atoms with E-state index in [1.807, 2.05) is 24.3 Å². The number of rotatable bonds is 8. The Morgan fingerprint density at radius 3 is 1.06 bits per heavy atom. The van der Waals surface area contributed by atoms with E-state index in [0.29, 0.717) is 24.7 Å². The summed E-state index contributed by atoms with van der Waals surface area (Å²) in [4.78, 5) is 21.4. The van der Waals surface area contributed by atoms with E-state index in [1.54, 1.807) is 13.8 Å². The Balaban J connectivity index is 0.000000562. The van der Waals surface area contributed by atoms with Crippen LogP contribution in [-0.2, 0) is 41.9 Å². The third-order valence-electron chi connectivity index (χ3n) is 5.22. The quantitative estimate of drug-likeness (QED) is 0.447. The van der Waals surface area contributed by atoms with Gasteiger partial charge in [0.1, 0.15) is 0 Å². The molecule has 0 bridgehead atoms. The third-order valence-corrected chi connectivity index (χ3v) is 5.22. The number of hydrogen-bond donors (Lipinski definition) is 2. The van der Waals surface area contributed by atoms with Crippen LogP contribution in [0.5, 0.6) is 0 Å². The summed E-state index contributed by atoms with van der Waals surface area (Å²) in [5, 5.41) is 17.6. The SMILES string of the molecule is CC(Cc1ccc(C(C)C)cc1)C(=O)O.CC(Cc1ccc(C(C)C)cc1)C(=O)O.[Zn]. The topological polar surface area (TPSA) is 74.6 Å². The van der Waals surface area contributed by atoms with Crippen molar-refractivity contribution in [1.29, 1.82) is 0 Å². The summed E-state index contributed by atoms with van der Waals surface area (Å²) in [6.07, 6.45) is 1.21. The zero-order chi connectivity index (χ0) is 22.8. The maximum atomic E-state index is 10.7. The molecule has 5 heteroatoms. The third kappa shape index (κ3) is 10.7. The van der Waals surface area contributed by atoms with Crippen LogP contribution in [0.25, 0.3) is 0 Å². The Morgan fingerprint density at radius 1 is 0.613 bits per heavy atom. The van der Waals surface area contributed by atoms with Crippen LogP contribution in [0.4, 0.5) is 0 Å². The molecule has 0 fully saturated rings. The van der Waals surface area contributed by atoms with E-state index in [9.17, 15) is 9.59 Å². The van der Waals surface area contributed by atoms with Gasteiger partial charge in [0.15, 0.2) is 0 Å². The van der Waals surface area contributed by atoms with Gasteiger partial charge in [-0.1, -0.05) is 90.1 Å². The van der Waals surface area contributed by atoms with Crippen molar-refractivity contribution in [1.82, 2.24) is 0 Å². The fourth-order valence-electron chi connectivity index (χ4n) is 2.96. The van der Waals surface area contributed by atoms with Crippen LogP contribution >= 0.6 is 0 Å². The van der Waals surface area contributed by atoms with Gasteiger partial charge >= 0.3 is 11.9 Å². The zero-order valence-electron chi connectivity index (χ0n) is 19.8. The molecule has 2 aromatic rings. The van der Waals surface area contributed by atoms with Gasteiger partial charge in [-0.15, -0.1) is 0 Å². The molecule has 0 aliphatic rings. The van der Waals surface area contributed by atoms with Gasteiger partial charge < -0.3 is 10.2 Å². The molecule has 0 saturated heterocycles. The summed E-state index contributed by atoms with van der Waals surface area (Å²) in [5.41, 5.74) is 4.77. The molecule has 2 unspecified atom stereocenters. The zero-order valence-corrected chi connectivity index (χ0v) is 22.7. The predicted molar refractivity (Wildman–Crippen MR) is 122 cm³/mol. The van der Waals surface area contributed by atoms with E-state index < -0.39 is 11.9 Å². The largest absolute Gasteiger partial charge is 0.481 e. The van der Waals surface area contributed by atoms with Gasteiger partial charge in [0.25, 0.3) is 0 Å². The number of hydrogen-bond acceptors (Lipinski definition) is 2. The minimum Gasteiger partial charge on any atom is -0.481 e. The standard InChI is InChI=1S/2C13H18O2.Zn/c2*1-9(2)12-6-4-11(5-7-12)8-10(3)13(14)15;/h2*4-7,9-10H,8H2,1-3H3,(H,14,15);. The molecule has 0 saturated carbocycles. The van der Waals surface area contributed by atoms with Gasteiger partial charge in [-0.2, -0.15) is 0 Å². The van der Waals surface area contributed by atoms with Crippen LogP contribution in [0.1, 0.15) is 75.6 Å². The minimum absolute atomic E-state index is 0. The summed E-state index contributed by atoms with van der Waals surface area (Å²) in [5.74, 6) is -1.04. The maximum Gasteiger partial charge on any atom is 0.306 e. The number of carbonyl (C=O) groups is 2. The van der Waals surface area contributed by atoms with Crippen molar-refractivity contribution in [2.45, 2.75) is 66.2 Å². The number of aliphatic carboxylic acids is 2. The Kier molecular flexibility index (Phi) is 13.2. The van der Waals surface area contributed by atoms with E-state index in [-0.39, 0.29) is 31.3 Å². The maximum absolute atomic E-state index is 10.7. The molecule has 0 radical (unpaired) electrons. The Labute approximate surface area is 199 Å². The Hall–Kier alpha value is -2.00. The van der Waals surface area contributed by atoms with E-state index >= 15 is 0 Å². The molecule has 2 N–H and O–H groups in total. The average molecular weight is 478 g/mol. The van der Waals surface area contributed by atoms with Crippen molar-refractivity contribution in [2.24, 2.45) is 11.8 Å². The molecule has 31 heavy (non-hydrogen) atoms. The molecule has 166 valence electrons. The summed E-state index contributed by atoms with van der Waals surface area (Å²) >= 11 is 0. The number of benzene rings is 2. The smallest absolute Gasteiger partial charge is 0.306 e. The summed E-state index contributed by atoms with van der Waals surface area (Å²) < 4.78 is 0. The normalized spacial score (nSPS) is 12.4.